The molecule has 0 spiro atoms. The van der Waals surface area contributed by atoms with Gasteiger partial charge in [0.15, 0.2) is 0 Å². The Morgan fingerprint density at radius 1 is 1.42 bits per heavy atom. The maximum absolute atomic E-state index is 11.7. The molecule has 1 aliphatic heterocycles. The van der Waals surface area contributed by atoms with E-state index in [0.29, 0.717) is 23.7 Å². The van der Waals surface area contributed by atoms with Gasteiger partial charge in [-0.3, -0.25) is 0 Å². The number of halogens is 1. The summed E-state index contributed by atoms with van der Waals surface area (Å²) in [5.74, 6) is 0. The standard InChI is InChI=1S/C18H19ClN4O2S/c1-22(26(3,24)25)11-12-6-13(10-21-9-12)18-16(8-20)15-5-4-14(19)7-17(15)23(18)2/h4-7,10,21H,9,11H2,1-3H3. The normalized spacial score (nSPS) is 14.8. The topological polar surface area (TPSA) is 78.1 Å². The lowest BCUT2D eigenvalue weighted by molar-refractivity contribution is 0.495. The van der Waals surface area contributed by atoms with Gasteiger partial charge in [0.1, 0.15) is 6.07 Å². The third-order valence-corrected chi connectivity index (χ3v) is 5.98. The van der Waals surface area contributed by atoms with Crippen molar-refractivity contribution < 1.29 is 8.42 Å². The minimum atomic E-state index is -3.26. The van der Waals surface area contributed by atoms with Crippen LogP contribution in [0.2, 0.25) is 5.02 Å². The molecule has 0 saturated heterocycles. The molecule has 0 atom stereocenters. The molecule has 0 bridgehead atoms. The molecule has 1 N–H and O–H groups in total. The Balaban J connectivity index is 2.08. The molecule has 3 rings (SSSR count). The Morgan fingerprint density at radius 3 is 2.81 bits per heavy atom. The Morgan fingerprint density at radius 2 is 2.15 bits per heavy atom. The summed E-state index contributed by atoms with van der Waals surface area (Å²) in [6.07, 6.45) is 4.97. The van der Waals surface area contributed by atoms with E-state index in [1.54, 1.807) is 13.1 Å². The Labute approximate surface area is 158 Å². The smallest absolute Gasteiger partial charge is 0.211 e. The molecular weight excluding hydrogens is 372 g/mol. The lowest BCUT2D eigenvalue weighted by Gasteiger charge is -2.20. The number of likely N-dealkylation sites (N-methyl/N-ethyl adjacent to an activating group) is 1. The highest BCUT2D eigenvalue weighted by molar-refractivity contribution is 7.88. The third-order valence-electron chi connectivity index (χ3n) is 4.49. The van der Waals surface area contributed by atoms with Crippen LogP contribution in [-0.2, 0) is 17.1 Å². The van der Waals surface area contributed by atoms with Crippen LogP contribution in [0.3, 0.4) is 0 Å². The zero-order valence-electron chi connectivity index (χ0n) is 14.7. The van der Waals surface area contributed by atoms with Gasteiger partial charge in [0.25, 0.3) is 0 Å². The Kier molecular flexibility index (Phi) is 4.84. The fourth-order valence-corrected chi connectivity index (χ4v) is 3.67. The molecule has 0 aliphatic carbocycles. The second kappa shape index (κ2) is 6.80. The second-order valence-corrected chi connectivity index (χ2v) is 8.88. The molecule has 26 heavy (non-hydrogen) atoms. The van der Waals surface area contributed by atoms with Gasteiger partial charge in [-0.25, -0.2) is 12.7 Å². The molecule has 0 amide bonds. The molecule has 2 aromatic rings. The molecule has 1 aliphatic rings. The van der Waals surface area contributed by atoms with Crippen LogP contribution < -0.4 is 5.32 Å². The van der Waals surface area contributed by atoms with Gasteiger partial charge < -0.3 is 9.88 Å². The number of nitrogens with one attached hydrogen (secondary N) is 1. The number of nitrogens with zero attached hydrogens (tertiary/aromatic N) is 3. The van der Waals surface area contributed by atoms with E-state index in [9.17, 15) is 13.7 Å². The Bertz CT molecular complexity index is 1090. The first-order valence-electron chi connectivity index (χ1n) is 7.95. The van der Waals surface area contributed by atoms with Crippen LogP contribution >= 0.6 is 11.6 Å². The summed E-state index contributed by atoms with van der Waals surface area (Å²) in [5, 5.41) is 14.3. The van der Waals surface area contributed by atoms with E-state index >= 15 is 0 Å². The van der Waals surface area contributed by atoms with Crippen LogP contribution in [0, 0.1) is 11.3 Å². The van der Waals surface area contributed by atoms with Gasteiger partial charge in [-0.2, -0.15) is 5.26 Å². The van der Waals surface area contributed by atoms with Crippen molar-refractivity contribution in [1.29, 1.82) is 5.26 Å². The zero-order chi connectivity index (χ0) is 19.1. The predicted octanol–water partition coefficient (Wildman–Crippen LogP) is 2.47. The summed E-state index contributed by atoms with van der Waals surface area (Å²) in [7, 11) is 0.181. The fraction of sp³-hybridized carbons (Fsp3) is 0.278. The molecule has 0 fully saturated rings. The van der Waals surface area contributed by atoms with E-state index in [1.165, 1.54) is 10.6 Å². The van der Waals surface area contributed by atoms with Crippen molar-refractivity contribution in [3.63, 3.8) is 0 Å². The molecular formula is C18H19ClN4O2S. The van der Waals surface area contributed by atoms with Crippen molar-refractivity contribution in [2.75, 3.05) is 26.4 Å². The van der Waals surface area contributed by atoms with Crippen LogP contribution in [0.4, 0.5) is 0 Å². The first-order valence-corrected chi connectivity index (χ1v) is 10.2. The number of benzene rings is 1. The highest BCUT2D eigenvalue weighted by Crippen LogP contribution is 2.32. The number of allylic oxidation sites excluding steroid dienone is 2. The number of fused-ring (bicyclic) bond motifs is 1. The molecule has 1 aromatic carbocycles. The van der Waals surface area contributed by atoms with Crippen molar-refractivity contribution in [1.82, 2.24) is 14.2 Å². The van der Waals surface area contributed by atoms with Crippen molar-refractivity contribution in [2.45, 2.75) is 0 Å². The largest absolute Gasteiger partial charge is 0.387 e. The van der Waals surface area contributed by atoms with Crippen molar-refractivity contribution >= 4 is 38.1 Å². The molecule has 0 unspecified atom stereocenters. The average molecular weight is 391 g/mol. The summed E-state index contributed by atoms with van der Waals surface area (Å²) in [6.45, 7) is 0.849. The highest BCUT2D eigenvalue weighted by Gasteiger charge is 2.21. The molecule has 1 aromatic heterocycles. The number of hydrogen-bond acceptors (Lipinski definition) is 4. The second-order valence-electron chi connectivity index (χ2n) is 6.36. The van der Waals surface area contributed by atoms with Crippen LogP contribution in [-0.4, -0.2) is 43.7 Å². The van der Waals surface area contributed by atoms with Crippen LogP contribution in [0.15, 0.2) is 36.0 Å². The van der Waals surface area contributed by atoms with Gasteiger partial charge in [-0.15, -0.1) is 0 Å². The van der Waals surface area contributed by atoms with E-state index < -0.39 is 10.0 Å². The number of hydrogen-bond donors (Lipinski definition) is 1. The summed E-state index contributed by atoms with van der Waals surface area (Å²) >= 11 is 6.11. The maximum atomic E-state index is 11.7. The summed E-state index contributed by atoms with van der Waals surface area (Å²) in [4.78, 5) is 0. The van der Waals surface area contributed by atoms with Gasteiger partial charge in [0, 0.05) is 49.4 Å². The van der Waals surface area contributed by atoms with Gasteiger partial charge in [0.2, 0.25) is 10.0 Å². The van der Waals surface area contributed by atoms with Gasteiger partial charge in [0.05, 0.1) is 23.0 Å². The monoisotopic (exact) mass is 390 g/mol. The first-order chi connectivity index (χ1) is 12.2. The number of dihydropyridines is 1. The maximum Gasteiger partial charge on any atom is 0.211 e. The molecule has 0 saturated carbocycles. The minimum absolute atomic E-state index is 0.292. The molecule has 0 radical (unpaired) electrons. The highest BCUT2D eigenvalue weighted by atomic mass is 35.5. The molecule has 2 heterocycles. The third kappa shape index (κ3) is 3.36. The van der Waals surface area contributed by atoms with E-state index in [-0.39, 0.29) is 0 Å². The van der Waals surface area contributed by atoms with Gasteiger partial charge >= 0.3 is 0 Å². The number of aryl methyl sites for hydroxylation is 1. The average Bonchev–Trinajstić information content (AvgIpc) is 2.86. The summed E-state index contributed by atoms with van der Waals surface area (Å²) < 4.78 is 26.6. The lowest BCUT2D eigenvalue weighted by atomic mass is 10.0. The molecule has 136 valence electrons. The van der Waals surface area contributed by atoms with Crippen molar-refractivity contribution in [3.05, 3.63) is 52.3 Å². The Hall–Kier alpha value is -2.27. The van der Waals surface area contributed by atoms with Crippen molar-refractivity contribution in [3.8, 4) is 6.07 Å². The number of rotatable bonds is 4. The molecule has 8 heteroatoms. The van der Waals surface area contributed by atoms with E-state index in [0.717, 1.165) is 27.7 Å². The summed E-state index contributed by atoms with van der Waals surface area (Å²) in [5.41, 5.74) is 3.97. The first kappa shape index (κ1) is 18.5. The van der Waals surface area contributed by atoms with Crippen LogP contribution in [0.1, 0.15) is 11.3 Å². The minimum Gasteiger partial charge on any atom is -0.387 e. The van der Waals surface area contributed by atoms with Gasteiger partial charge in [-0.1, -0.05) is 11.6 Å². The predicted molar refractivity (Wildman–Crippen MR) is 104 cm³/mol. The number of sulfonamides is 1. The lowest BCUT2D eigenvalue weighted by Crippen LogP contribution is -2.31. The SMILES string of the molecule is CN(CC1=CC(c2c(C#N)c3ccc(Cl)cc3n2C)=CNC1)S(C)(=O)=O. The number of nitriles is 1. The van der Waals surface area contributed by atoms with E-state index in [2.05, 4.69) is 11.4 Å². The number of aromatic nitrogens is 1. The van der Waals surface area contributed by atoms with Crippen LogP contribution in [0.5, 0.6) is 0 Å². The van der Waals surface area contributed by atoms with E-state index in [1.807, 2.05) is 36.0 Å². The van der Waals surface area contributed by atoms with Crippen molar-refractivity contribution in [2.24, 2.45) is 7.05 Å². The van der Waals surface area contributed by atoms with Gasteiger partial charge in [-0.05, 0) is 29.8 Å². The quantitative estimate of drug-likeness (QED) is 0.869. The van der Waals surface area contributed by atoms with Crippen LogP contribution in [0.25, 0.3) is 16.5 Å². The molecule has 6 nitrogen and oxygen atoms in total. The fourth-order valence-electron chi connectivity index (χ4n) is 3.11. The summed E-state index contributed by atoms with van der Waals surface area (Å²) in [6, 6.07) is 7.74. The zero-order valence-corrected chi connectivity index (χ0v) is 16.3. The van der Waals surface area contributed by atoms with E-state index in [4.69, 9.17) is 11.6 Å².